The molecule has 1 amide bonds. The van der Waals surface area contributed by atoms with Crippen molar-refractivity contribution in [3.05, 3.63) is 81.3 Å². The van der Waals surface area contributed by atoms with Crippen LogP contribution in [0.2, 0.25) is 5.02 Å². The first-order valence-corrected chi connectivity index (χ1v) is 11.1. The first-order chi connectivity index (χ1) is 17.0. The molecule has 192 valence electrons. The predicted molar refractivity (Wildman–Crippen MR) is 124 cm³/mol. The standard InChI is InChI=1S/C24H22ClF3N2O6/c1-3-5-21(23(31)29(2)14-17-6-4-11-34-17)36-22-13-16(8-9-19(22)30(32)33)35-20-10-7-15(12-18(20)25)24(26,27)28/h4,6-13,21H,3,5,14H2,1-2H3. The molecule has 12 heteroatoms. The van der Waals surface area contributed by atoms with Crippen molar-refractivity contribution in [2.45, 2.75) is 38.6 Å². The highest BCUT2D eigenvalue weighted by Gasteiger charge is 2.31. The molecule has 0 aliphatic heterocycles. The predicted octanol–water partition coefficient (Wildman–Crippen LogP) is 6.86. The van der Waals surface area contributed by atoms with Crippen molar-refractivity contribution < 1.29 is 36.8 Å². The van der Waals surface area contributed by atoms with Gasteiger partial charge < -0.3 is 18.8 Å². The first kappa shape index (κ1) is 26.9. The largest absolute Gasteiger partial charge is 0.473 e. The highest BCUT2D eigenvalue weighted by Crippen LogP contribution is 2.39. The zero-order valence-corrected chi connectivity index (χ0v) is 20.0. The molecule has 36 heavy (non-hydrogen) atoms. The van der Waals surface area contributed by atoms with Crippen LogP contribution in [0.15, 0.2) is 59.2 Å². The van der Waals surface area contributed by atoms with Gasteiger partial charge in [0.2, 0.25) is 5.75 Å². The topological polar surface area (TPSA) is 95.0 Å². The van der Waals surface area contributed by atoms with E-state index in [0.717, 1.165) is 18.2 Å². The molecule has 0 aliphatic carbocycles. The summed E-state index contributed by atoms with van der Waals surface area (Å²) >= 11 is 5.94. The van der Waals surface area contributed by atoms with E-state index in [1.54, 1.807) is 19.2 Å². The number of hydrogen-bond acceptors (Lipinski definition) is 6. The molecule has 1 atom stereocenters. The van der Waals surface area contributed by atoms with Crippen LogP contribution >= 0.6 is 11.6 Å². The van der Waals surface area contributed by atoms with Crippen molar-refractivity contribution >= 4 is 23.2 Å². The van der Waals surface area contributed by atoms with Crippen molar-refractivity contribution in [3.8, 4) is 17.2 Å². The Bertz CT molecular complexity index is 1220. The highest BCUT2D eigenvalue weighted by molar-refractivity contribution is 6.32. The number of nitro groups is 1. The quantitative estimate of drug-likeness (QED) is 0.211. The lowest BCUT2D eigenvalue weighted by Gasteiger charge is -2.24. The Morgan fingerprint density at radius 2 is 1.94 bits per heavy atom. The van der Waals surface area contributed by atoms with Crippen molar-refractivity contribution in [2.75, 3.05) is 7.05 Å². The second-order valence-corrected chi connectivity index (χ2v) is 8.21. The molecule has 0 fully saturated rings. The Kier molecular flexibility index (Phi) is 8.46. The number of nitrogens with zero attached hydrogens (tertiary/aromatic N) is 2. The summed E-state index contributed by atoms with van der Waals surface area (Å²) in [6, 6.07) is 9.50. The van der Waals surface area contributed by atoms with Crippen LogP contribution in [0.3, 0.4) is 0 Å². The van der Waals surface area contributed by atoms with Crippen molar-refractivity contribution in [2.24, 2.45) is 0 Å². The lowest BCUT2D eigenvalue weighted by atomic mass is 10.1. The summed E-state index contributed by atoms with van der Waals surface area (Å²) in [6.45, 7) is 2.00. The van der Waals surface area contributed by atoms with E-state index in [2.05, 4.69) is 0 Å². The number of ether oxygens (including phenoxy) is 2. The maximum absolute atomic E-state index is 13.0. The molecule has 0 radical (unpaired) electrons. The maximum Gasteiger partial charge on any atom is 0.416 e. The van der Waals surface area contributed by atoms with Crippen molar-refractivity contribution in [1.29, 1.82) is 0 Å². The van der Waals surface area contributed by atoms with Crippen molar-refractivity contribution in [1.82, 2.24) is 4.90 Å². The minimum absolute atomic E-state index is 0.0175. The van der Waals surface area contributed by atoms with Gasteiger partial charge >= 0.3 is 11.9 Å². The van der Waals surface area contributed by atoms with Gasteiger partial charge in [-0.2, -0.15) is 13.2 Å². The van der Waals surface area contributed by atoms with Gasteiger partial charge in [-0.05, 0) is 42.8 Å². The highest BCUT2D eigenvalue weighted by atomic mass is 35.5. The minimum atomic E-state index is -4.58. The molecule has 0 aliphatic rings. The fourth-order valence-electron chi connectivity index (χ4n) is 3.30. The van der Waals surface area contributed by atoms with Crippen LogP contribution < -0.4 is 9.47 Å². The van der Waals surface area contributed by atoms with E-state index in [4.69, 9.17) is 25.5 Å². The second kappa shape index (κ2) is 11.3. The second-order valence-electron chi connectivity index (χ2n) is 7.80. The summed E-state index contributed by atoms with van der Waals surface area (Å²) in [6.07, 6.45) is -3.32. The summed E-state index contributed by atoms with van der Waals surface area (Å²) in [5.74, 6) is -0.179. The van der Waals surface area contributed by atoms with E-state index in [0.29, 0.717) is 18.2 Å². The third kappa shape index (κ3) is 6.69. The number of alkyl halides is 3. The Balaban J connectivity index is 1.85. The van der Waals surface area contributed by atoms with Gasteiger partial charge in [0.15, 0.2) is 6.10 Å². The molecule has 1 unspecified atom stereocenters. The zero-order valence-electron chi connectivity index (χ0n) is 19.3. The number of carbonyl (C=O) groups excluding carboxylic acids is 1. The average Bonchev–Trinajstić information content (AvgIpc) is 3.32. The summed E-state index contributed by atoms with van der Waals surface area (Å²) in [4.78, 5) is 25.3. The normalized spacial score (nSPS) is 12.2. The number of halogens is 4. The van der Waals surface area contributed by atoms with E-state index in [1.807, 2.05) is 6.92 Å². The van der Waals surface area contributed by atoms with Gasteiger partial charge in [-0.15, -0.1) is 0 Å². The molecule has 2 aromatic carbocycles. The van der Waals surface area contributed by atoms with E-state index in [-0.39, 0.29) is 35.2 Å². The number of hydrogen-bond donors (Lipinski definition) is 0. The van der Waals surface area contributed by atoms with Gasteiger partial charge in [0.05, 0.1) is 28.3 Å². The van der Waals surface area contributed by atoms with Crippen LogP contribution in [0.4, 0.5) is 18.9 Å². The molecule has 0 saturated carbocycles. The van der Waals surface area contributed by atoms with Gasteiger partial charge in [-0.3, -0.25) is 14.9 Å². The Labute approximate surface area is 209 Å². The maximum atomic E-state index is 13.0. The fourth-order valence-corrected chi connectivity index (χ4v) is 3.52. The number of benzene rings is 2. The molecular weight excluding hydrogens is 505 g/mol. The van der Waals surface area contributed by atoms with Gasteiger partial charge in [-0.1, -0.05) is 24.9 Å². The summed E-state index contributed by atoms with van der Waals surface area (Å²) in [5, 5.41) is 11.3. The lowest BCUT2D eigenvalue weighted by Crippen LogP contribution is -2.39. The summed E-state index contributed by atoms with van der Waals surface area (Å²) in [7, 11) is 1.55. The molecule has 0 saturated heterocycles. The molecule has 1 aromatic heterocycles. The van der Waals surface area contributed by atoms with Crippen LogP contribution in [0, 0.1) is 10.1 Å². The van der Waals surface area contributed by atoms with E-state index in [9.17, 15) is 28.1 Å². The van der Waals surface area contributed by atoms with Gasteiger partial charge in [0.25, 0.3) is 5.91 Å². The van der Waals surface area contributed by atoms with Crippen LogP contribution in [0.5, 0.6) is 17.2 Å². The zero-order chi connectivity index (χ0) is 26.5. The van der Waals surface area contributed by atoms with Crippen LogP contribution in [0.25, 0.3) is 0 Å². The molecule has 3 rings (SSSR count). The average molecular weight is 527 g/mol. The van der Waals surface area contributed by atoms with Gasteiger partial charge in [0.1, 0.15) is 17.3 Å². The molecule has 1 heterocycles. The number of carbonyl (C=O) groups is 1. The number of furan rings is 1. The van der Waals surface area contributed by atoms with E-state index < -0.39 is 34.4 Å². The van der Waals surface area contributed by atoms with E-state index in [1.165, 1.54) is 23.3 Å². The van der Waals surface area contributed by atoms with Crippen LogP contribution in [-0.4, -0.2) is 28.9 Å². The monoisotopic (exact) mass is 526 g/mol. The molecule has 0 spiro atoms. The molecule has 3 aromatic rings. The van der Waals surface area contributed by atoms with Gasteiger partial charge in [0, 0.05) is 19.2 Å². The van der Waals surface area contributed by atoms with E-state index >= 15 is 0 Å². The first-order valence-electron chi connectivity index (χ1n) is 10.8. The molecule has 0 N–H and O–H groups in total. The number of nitro benzene ring substituents is 1. The fraction of sp³-hybridized carbons (Fsp3) is 0.292. The third-order valence-corrected chi connectivity index (χ3v) is 5.36. The molecule has 0 bridgehead atoms. The van der Waals surface area contributed by atoms with Crippen molar-refractivity contribution in [3.63, 3.8) is 0 Å². The Morgan fingerprint density at radius 1 is 1.19 bits per heavy atom. The lowest BCUT2D eigenvalue weighted by molar-refractivity contribution is -0.386. The van der Waals surface area contributed by atoms with Gasteiger partial charge in [-0.25, -0.2) is 0 Å². The molecular formula is C24H22ClF3N2O6. The number of amides is 1. The Hall–Kier alpha value is -3.73. The molecule has 8 nitrogen and oxygen atoms in total. The SMILES string of the molecule is CCCC(Oc1cc(Oc2ccc(C(F)(F)F)cc2Cl)ccc1[N+](=O)[O-])C(=O)N(C)Cc1ccco1. The summed E-state index contributed by atoms with van der Waals surface area (Å²) in [5.41, 5.74) is -1.37. The minimum Gasteiger partial charge on any atom is -0.473 e. The summed E-state index contributed by atoms with van der Waals surface area (Å²) < 4.78 is 55.3. The van der Waals surface area contributed by atoms with Crippen LogP contribution in [0.1, 0.15) is 31.1 Å². The number of rotatable bonds is 10. The van der Waals surface area contributed by atoms with Crippen LogP contribution in [-0.2, 0) is 17.5 Å². The Morgan fingerprint density at radius 3 is 2.53 bits per heavy atom. The third-order valence-electron chi connectivity index (χ3n) is 5.06. The smallest absolute Gasteiger partial charge is 0.416 e. The number of likely N-dealkylation sites (N-methyl/N-ethyl adjacent to an activating group) is 1.